The Morgan fingerprint density at radius 3 is 2.90 bits per heavy atom. The minimum absolute atomic E-state index is 0.520. The average Bonchev–Trinajstić information content (AvgIpc) is 2.79. The maximum Gasteiger partial charge on any atom is 0.166 e. The number of fused-ring (bicyclic) bond motifs is 1. The summed E-state index contributed by atoms with van der Waals surface area (Å²) < 4.78 is 5.23. The minimum Gasteiger partial charge on any atom is -0.497 e. The monoisotopic (exact) mass is 293 g/mol. The zero-order valence-electron chi connectivity index (χ0n) is 12.6. The summed E-state index contributed by atoms with van der Waals surface area (Å²) in [6.07, 6.45) is 1.12. The number of imidazole rings is 1. The van der Waals surface area contributed by atoms with Crippen molar-refractivity contribution in [2.75, 3.05) is 13.7 Å². The zero-order valence-corrected chi connectivity index (χ0v) is 13.4. The van der Waals surface area contributed by atoms with Gasteiger partial charge in [0.1, 0.15) is 5.75 Å². The summed E-state index contributed by atoms with van der Waals surface area (Å²) in [5.41, 5.74) is 2.01. The normalized spacial score (nSPS) is 14.4. The third kappa shape index (κ3) is 3.90. The number of nitrogens with one attached hydrogen (secondary N) is 2. The molecule has 0 spiro atoms. The van der Waals surface area contributed by atoms with Gasteiger partial charge in [-0.2, -0.15) is 0 Å². The zero-order chi connectivity index (χ0) is 14.5. The van der Waals surface area contributed by atoms with Crippen molar-refractivity contribution >= 4 is 22.8 Å². The van der Waals surface area contributed by atoms with E-state index in [9.17, 15) is 0 Å². The van der Waals surface area contributed by atoms with Gasteiger partial charge in [-0.25, -0.2) is 4.98 Å². The Kier molecular flexibility index (Phi) is 5.31. The molecule has 110 valence electrons. The van der Waals surface area contributed by atoms with Crippen molar-refractivity contribution in [3.8, 4) is 5.75 Å². The van der Waals surface area contributed by atoms with Crippen molar-refractivity contribution in [2.24, 2.45) is 0 Å². The predicted octanol–water partition coefficient (Wildman–Crippen LogP) is 3.44. The lowest BCUT2D eigenvalue weighted by molar-refractivity contribution is 0.415. The first-order valence-electron chi connectivity index (χ1n) is 7.06. The van der Waals surface area contributed by atoms with Gasteiger partial charge in [0, 0.05) is 17.4 Å². The second-order valence-electron chi connectivity index (χ2n) is 5.05. The van der Waals surface area contributed by atoms with E-state index >= 15 is 0 Å². The van der Waals surface area contributed by atoms with Crippen LogP contribution in [0.4, 0.5) is 0 Å². The molecule has 4 nitrogen and oxygen atoms in total. The van der Waals surface area contributed by atoms with Crippen molar-refractivity contribution < 1.29 is 4.74 Å². The van der Waals surface area contributed by atoms with Crippen LogP contribution in [-0.2, 0) is 0 Å². The van der Waals surface area contributed by atoms with Crippen molar-refractivity contribution in [3.63, 3.8) is 0 Å². The van der Waals surface area contributed by atoms with E-state index in [1.807, 2.05) is 18.2 Å². The molecule has 2 aromatic rings. The highest BCUT2D eigenvalue weighted by atomic mass is 32.2. The van der Waals surface area contributed by atoms with Gasteiger partial charge in [0.2, 0.25) is 0 Å². The molecule has 0 fully saturated rings. The van der Waals surface area contributed by atoms with Crippen LogP contribution in [0.3, 0.4) is 0 Å². The van der Waals surface area contributed by atoms with Crippen LogP contribution in [0, 0.1) is 0 Å². The largest absolute Gasteiger partial charge is 0.497 e. The van der Waals surface area contributed by atoms with E-state index in [-0.39, 0.29) is 0 Å². The van der Waals surface area contributed by atoms with Gasteiger partial charge in [-0.05, 0) is 32.0 Å². The molecule has 0 bridgehead atoms. The lowest BCUT2D eigenvalue weighted by Crippen LogP contribution is -2.28. The fourth-order valence-electron chi connectivity index (χ4n) is 2.32. The van der Waals surface area contributed by atoms with E-state index in [1.165, 1.54) is 0 Å². The molecule has 2 atom stereocenters. The number of methoxy groups -OCH3 is 1. The van der Waals surface area contributed by atoms with Crippen LogP contribution in [0.15, 0.2) is 23.4 Å². The maximum atomic E-state index is 5.23. The molecule has 2 unspecified atom stereocenters. The number of hydrogen-bond donors (Lipinski definition) is 2. The molecule has 20 heavy (non-hydrogen) atoms. The van der Waals surface area contributed by atoms with E-state index in [2.05, 4.69) is 36.1 Å². The van der Waals surface area contributed by atoms with Crippen molar-refractivity contribution in [1.29, 1.82) is 0 Å². The Labute approximate surface area is 124 Å². The number of ether oxygens (including phenoxy) is 1. The summed E-state index contributed by atoms with van der Waals surface area (Å²) in [5.74, 6) is 0.853. The quantitative estimate of drug-likeness (QED) is 0.768. The highest BCUT2D eigenvalue weighted by Crippen LogP contribution is 2.27. The molecular weight excluding hydrogens is 270 g/mol. The van der Waals surface area contributed by atoms with Crippen LogP contribution in [0.1, 0.15) is 27.2 Å². The Morgan fingerprint density at radius 1 is 1.40 bits per heavy atom. The maximum absolute atomic E-state index is 5.23. The molecular formula is C15H23N3OS. The summed E-state index contributed by atoms with van der Waals surface area (Å²) in [5, 5.41) is 4.94. The third-order valence-corrected chi connectivity index (χ3v) is 4.23. The molecule has 0 aliphatic carbocycles. The van der Waals surface area contributed by atoms with E-state index in [4.69, 9.17) is 4.74 Å². The Bertz CT molecular complexity index is 555. The average molecular weight is 293 g/mol. The number of nitrogens with zero attached hydrogens (tertiary/aromatic N) is 1. The Balaban J connectivity index is 2.02. The van der Waals surface area contributed by atoms with Gasteiger partial charge < -0.3 is 15.0 Å². The second kappa shape index (κ2) is 6.99. The molecule has 0 saturated carbocycles. The Hall–Kier alpha value is -1.20. The number of H-pyrrole nitrogens is 1. The number of aromatic amines is 1. The van der Waals surface area contributed by atoms with Crippen molar-refractivity contribution in [1.82, 2.24) is 15.3 Å². The van der Waals surface area contributed by atoms with Crippen molar-refractivity contribution in [2.45, 2.75) is 43.6 Å². The van der Waals surface area contributed by atoms with Gasteiger partial charge in [-0.1, -0.05) is 25.6 Å². The minimum atomic E-state index is 0.520. The molecule has 2 rings (SSSR count). The summed E-state index contributed by atoms with van der Waals surface area (Å²) >= 11 is 1.79. The summed E-state index contributed by atoms with van der Waals surface area (Å²) in [6.45, 7) is 7.63. The second-order valence-corrected chi connectivity index (χ2v) is 6.48. The van der Waals surface area contributed by atoms with Gasteiger partial charge in [-0.15, -0.1) is 0 Å². The Morgan fingerprint density at radius 2 is 2.20 bits per heavy atom. The highest BCUT2D eigenvalue weighted by Gasteiger charge is 2.12. The molecule has 1 aromatic heterocycles. The van der Waals surface area contributed by atoms with Crippen molar-refractivity contribution in [3.05, 3.63) is 18.2 Å². The number of benzene rings is 1. The number of thioether (sulfide) groups is 1. The molecule has 0 saturated heterocycles. The van der Waals surface area contributed by atoms with Crippen LogP contribution in [0.5, 0.6) is 5.75 Å². The van der Waals surface area contributed by atoms with E-state index < -0.39 is 0 Å². The fraction of sp³-hybridized carbons (Fsp3) is 0.533. The van der Waals surface area contributed by atoms with Gasteiger partial charge in [0.25, 0.3) is 0 Å². The predicted molar refractivity (Wildman–Crippen MR) is 85.7 cm³/mol. The number of rotatable bonds is 7. The van der Waals surface area contributed by atoms with Gasteiger partial charge in [-0.3, -0.25) is 0 Å². The first-order valence-corrected chi connectivity index (χ1v) is 7.94. The smallest absolute Gasteiger partial charge is 0.166 e. The highest BCUT2D eigenvalue weighted by molar-refractivity contribution is 7.99. The molecule has 2 N–H and O–H groups in total. The van der Waals surface area contributed by atoms with E-state index in [0.717, 1.165) is 34.9 Å². The standard InChI is InChI=1S/C15H23N3OS/c1-5-16-10(2)8-11(3)20-15-17-13-7-6-12(19-4)9-14(13)18-15/h6-7,9-11,16H,5,8H2,1-4H3,(H,17,18). The first-order chi connectivity index (χ1) is 9.62. The third-order valence-electron chi connectivity index (χ3n) is 3.22. The number of aromatic nitrogens is 2. The van der Waals surface area contributed by atoms with Gasteiger partial charge >= 0.3 is 0 Å². The molecule has 1 heterocycles. The molecule has 1 aromatic carbocycles. The van der Waals surface area contributed by atoms with Crippen LogP contribution in [0.2, 0.25) is 0 Å². The SMILES string of the molecule is CCNC(C)CC(C)Sc1nc2ccc(OC)cc2[nH]1. The number of hydrogen-bond acceptors (Lipinski definition) is 4. The lowest BCUT2D eigenvalue weighted by Gasteiger charge is -2.16. The van der Waals surface area contributed by atoms with Gasteiger partial charge in [0.05, 0.1) is 18.1 Å². The van der Waals surface area contributed by atoms with Gasteiger partial charge in [0.15, 0.2) is 5.16 Å². The molecule has 0 amide bonds. The fourth-order valence-corrected chi connectivity index (χ4v) is 3.40. The van der Waals surface area contributed by atoms with Crippen LogP contribution >= 0.6 is 11.8 Å². The molecule has 0 aliphatic heterocycles. The van der Waals surface area contributed by atoms with Crippen LogP contribution < -0.4 is 10.1 Å². The van der Waals surface area contributed by atoms with E-state index in [0.29, 0.717) is 11.3 Å². The molecule has 0 aliphatic rings. The van der Waals surface area contributed by atoms with Crippen LogP contribution in [-0.4, -0.2) is 34.9 Å². The summed E-state index contributed by atoms with van der Waals surface area (Å²) in [6, 6.07) is 6.44. The topological polar surface area (TPSA) is 49.9 Å². The summed E-state index contributed by atoms with van der Waals surface area (Å²) in [7, 11) is 1.68. The molecule has 0 radical (unpaired) electrons. The van der Waals surface area contributed by atoms with E-state index in [1.54, 1.807) is 18.9 Å². The van der Waals surface area contributed by atoms with Crippen LogP contribution in [0.25, 0.3) is 11.0 Å². The first kappa shape index (κ1) is 15.2. The summed E-state index contributed by atoms with van der Waals surface area (Å²) in [4.78, 5) is 7.97. The molecule has 5 heteroatoms. The lowest BCUT2D eigenvalue weighted by atomic mass is 10.2.